The van der Waals surface area contributed by atoms with E-state index in [-0.39, 0.29) is 24.2 Å². The van der Waals surface area contributed by atoms with Gasteiger partial charge >= 0.3 is 0 Å². The minimum Gasteiger partial charge on any atom is -0.314 e. The van der Waals surface area contributed by atoms with Crippen LogP contribution in [-0.2, 0) is 11.8 Å². The zero-order valence-corrected chi connectivity index (χ0v) is 11.0. The molecule has 96 valence electrons. The van der Waals surface area contributed by atoms with Gasteiger partial charge in [0.25, 0.3) is 0 Å². The highest BCUT2D eigenvalue weighted by Crippen LogP contribution is 2.18. The SMILES string of the molecule is C[C@H]1C[C@@H](C(=O)Nc2ccnn2C)CCN1.Cl. The number of anilines is 1. The Kier molecular flexibility index (Phi) is 4.96. The lowest BCUT2D eigenvalue weighted by atomic mass is 9.92. The molecule has 0 aromatic carbocycles. The average Bonchev–Trinajstić information content (AvgIpc) is 2.64. The Hall–Kier alpha value is -1.07. The van der Waals surface area contributed by atoms with Crippen LogP contribution in [0.1, 0.15) is 19.8 Å². The van der Waals surface area contributed by atoms with Gasteiger partial charge < -0.3 is 10.6 Å². The number of halogens is 1. The van der Waals surface area contributed by atoms with E-state index in [9.17, 15) is 4.79 Å². The predicted octanol–water partition coefficient (Wildman–Crippen LogP) is 1.17. The molecule has 2 atom stereocenters. The number of aromatic nitrogens is 2. The predicted molar refractivity (Wildman–Crippen MR) is 69.3 cm³/mol. The first-order valence-electron chi connectivity index (χ1n) is 5.69. The fourth-order valence-electron chi connectivity index (χ4n) is 2.09. The summed E-state index contributed by atoms with van der Waals surface area (Å²) in [6.45, 7) is 3.04. The van der Waals surface area contributed by atoms with Crippen LogP contribution in [0.25, 0.3) is 0 Å². The molecule has 1 aliphatic rings. The molecule has 1 saturated heterocycles. The molecular formula is C11H19ClN4O. The van der Waals surface area contributed by atoms with Gasteiger partial charge in [-0.2, -0.15) is 5.10 Å². The second-order valence-electron chi connectivity index (χ2n) is 4.41. The third-order valence-corrected chi connectivity index (χ3v) is 3.07. The zero-order valence-electron chi connectivity index (χ0n) is 10.1. The average molecular weight is 259 g/mol. The highest BCUT2D eigenvalue weighted by molar-refractivity contribution is 5.91. The molecule has 1 fully saturated rings. The lowest BCUT2D eigenvalue weighted by Gasteiger charge is -2.26. The maximum atomic E-state index is 12.0. The summed E-state index contributed by atoms with van der Waals surface area (Å²) < 4.78 is 1.67. The van der Waals surface area contributed by atoms with Crippen LogP contribution in [-0.4, -0.2) is 28.3 Å². The largest absolute Gasteiger partial charge is 0.314 e. The molecule has 0 aliphatic carbocycles. The van der Waals surface area contributed by atoms with Gasteiger partial charge in [-0.3, -0.25) is 9.48 Å². The summed E-state index contributed by atoms with van der Waals surface area (Å²) in [4.78, 5) is 12.0. The van der Waals surface area contributed by atoms with Crippen molar-refractivity contribution in [2.45, 2.75) is 25.8 Å². The first-order valence-corrected chi connectivity index (χ1v) is 5.69. The van der Waals surface area contributed by atoms with Crippen molar-refractivity contribution in [3.8, 4) is 0 Å². The van der Waals surface area contributed by atoms with Gasteiger partial charge in [0.2, 0.25) is 5.91 Å². The number of nitrogens with one attached hydrogen (secondary N) is 2. The van der Waals surface area contributed by atoms with Gasteiger partial charge in [0.15, 0.2) is 0 Å². The first-order chi connectivity index (χ1) is 7.66. The Morgan fingerprint density at radius 3 is 3.00 bits per heavy atom. The van der Waals surface area contributed by atoms with E-state index in [1.54, 1.807) is 10.9 Å². The van der Waals surface area contributed by atoms with Crippen molar-refractivity contribution in [3.63, 3.8) is 0 Å². The van der Waals surface area contributed by atoms with Crippen LogP contribution < -0.4 is 10.6 Å². The Morgan fingerprint density at radius 2 is 2.41 bits per heavy atom. The minimum absolute atomic E-state index is 0. The van der Waals surface area contributed by atoms with E-state index in [0.717, 1.165) is 25.2 Å². The molecule has 0 saturated carbocycles. The van der Waals surface area contributed by atoms with Gasteiger partial charge in [-0.05, 0) is 26.3 Å². The van der Waals surface area contributed by atoms with Crippen LogP contribution >= 0.6 is 12.4 Å². The number of rotatable bonds is 2. The molecule has 0 spiro atoms. The molecule has 1 aliphatic heterocycles. The Bertz CT molecular complexity index is 379. The second kappa shape index (κ2) is 6.02. The van der Waals surface area contributed by atoms with Crippen LogP contribution in [0.5, 0.6) is 0 Å². The standard InChI is InChI=1S/C11H18N4O.ClH/c1-8-7-9(3-5-12-8)11(16)14-10-4-6-13-15(10)2;/h4,6,8-9,12H,3,5,7H2,1-2H3,(H,14,16);1H/t8-,9-;/m0./s1. The summed E-state index contributed by atoms with van der Waals surface area (Å²) in [6.07, 6.45) is 3.50. The van der Waals surface area contributed by atoms with Crippen molar-refractivity contribution in [1.82, 2.24) is 15.1 Å². The van der Waals surface area contributed by atoms with Gasteiger partial charge in [-0.1, -0.05) is 0 Å². The quantitative estimate of drug-likeness (QED) is 0.837. The molecule has 2 N–H and O–H groups in total. The highest BCUT2D eigenvalue weighted by Gasteiger charge is 2.24. The van der Waals surface area contributed by atoms with E-state index in [2.05, 4.69) is 22.7 Å². The maximum absolute atomic E-state index is 12.0. The van der Waals surface area contributed by atoms with Crippen LogP contribution in [0.4, 0.5) is 5.82 Å². The number of hydrogen-bond acceptors (Lipinski definition) is 3. The molecule has 5 nitrogen and oxygen atoms in total. The molecule has 0 unspecified atom stereocenters. The molecule has 2 heterocycles. The summed E-state index contributed by atoms with van der Waals surface area (Å²) in [5.74, 6) is 0.985. The van der Waals surface area contributed by atoms with Crippen molar-refractivity contribution in [2.24, 2.45) is 13.0 Å². The molecule has 2 rings (SSSR count). The molecule has 6 heteroatoms. The maximum Gasteiger partial charge on any atom is 0.228 e. The summed E-state index contributed by atoms with van der Waals surface area (Å²) in [6, 6.07) is 2.23. The van der Waals surface area contributed by atoms with Crippen molar-refractivity contribution < 1.29 is 4.79 Å². The first kappa shape index (κ1) is 14.0. The molecular weight excluding hydrogens is 240 g/mol. The van der Waals surface area contributed by atoms with E-state index in [1.165, 1.54) is 0 Å². The highest BCUT2D eigenvalue weighted by atomic mass is 35.5. The number of aryl methyl sites for hydroxylation is 1. The number of amides is 1. The minimum atomic E-state index is 0. The number of hydrogen-bond donors (Lipinski definition) is 2. The summed E-state index contributed by atoms with van der Waals surface area (Å²) in [7, 11) is 1.82. The third kappa shape index (κ3) is 3.44. The van der Waals surface area contributed by atoms with Crippen molar-refractivity contribution in [1.29, 1.82) is 0 Å². The number of carbonyl (C=O) groups excluding carboxylic acids is 1. The zero-order chi connectivity index (χ0) is 11.5. The lowest BCUT2D eigenvalue weighted by molar-refractivity contribution is -0.120. The fourth-order valence-corrected chi connectivity index (χ4v) is 2.09. The molecule has 0 radical (unpaired) electrons. The Balaban J connectivity index is 0.00000144. The summed E-state index contributed by atoms with van der Waals surface area (Å²) in [5.41, 5.74) is 0. The molecule has 17 heavy (non-hydrogen) atoms. The van der Waals surface area contributed by atoms with E-state index in [4.69, 9.17) is 0 Å². The number of nitrogens with zero attached hydrogens (tertiary/aromatic N) is 2. The van der Waals surface area contributed by atoms with E-state index >= 15 is 0 Å². The van der Waals surface area contributed by atoms with Gasteiger partial charge in [-0.15, -0.1) is 12.4 Å². The van der Waals surface area contributed by atoms with Crippen LogP contribution in [0.2, 0.25) is 0 Å². The Labute approximate surface area is 107 Å². The molecule has 1 aromatic heterocycles. The number of piperidine rings is 1. The number of carbonyl (C=O) groups is 1. The van der Waals surface area contributed by atoms with Crippen LogP contribution in [0.15, 0.2) is 12.3 Å². The van der Waals surface area contributed by atoms with E-state index in [0.29, 0.717) is 6.04 Å². The fraction of sp³-hybridized carbons (Fsp3) is 0.636. The second-order valence-corrected chi connectivity index (χ2v) is 4.41. The topological polar surface area (TPSA) is 59.0 Å². The van der Waals surface area contributed by atoms with E-state index < -0.39 is 0 Å². The van der Waals surface area contributed by atoms with Crippen LogP contribution in [0, 0.1) is 5.92 Å². The smallest absolute Gasteiger partial charge is 0.228 e. The normalized spacial score (nSPS) is 23.9. The van der Waals surface area contributed by atoms with Crippen molar-refractivity contribution in [3.05, 3.63) is 12.3 Å². The Morgan fingerprint density at radius 1 is 1.65 bits per heavy atom. The summed E-state index contributed by atoms with van der Waals surface area (Å²) in [5, 5.41) is 10.3. The van der Waals surface area contributed by atoms with Gasteiger partial charge in [-0.25, -0.2) is 0 Å². The van der Waals surface area contributed by atoms with Gasteiger partial charge in [0.05, 0.1) is 6.20 Å². The monoisotopic (exact) mass is 258 g/mol. The molecule has 0 bridgehead atoms. The lowest BCUT2D eigenvalue weighted by Crippen LogP contribution is -2.40. The van der Waals surface area contributed by atoms with Gasteiger partial charge in [0.1, 0.15) is 5.82 Å². The van der Waals surface area contributed by atoms with Gasteiger partial charge in [0, 0.05) is 25.1 Å². The molecule has 1 aromatic rings. The molecule has 1 amide bonds. The van der Waals surface area contributed by atoms with Crippen molar-refractivity contribution >= 4 is 24.1 Å². The van der Waals surface area contributed by atoms with E-state index in [1.807, 2.05) is 13.1 Å². The van der Waals surface area contributed by atoms with Crippen molar-refractivity contribution in [2.75, 3.05) is 11.9 Å². The third-order valence-electron chi connectivity index (χ3n) is 3.07. The summed E-state index contributed by atoms with van der Waals surface area (Å²) >= 11 is 0. The van der Waals surface area contributed by atoms with Crippen LogP contribution in [0.3, 0.4) is 0 Å².